The highest BCUT2D eigenvalue weighted by Crippen LogP contribution is 2.34. The molecule has 19 heavy (non-hydrogen) atoms. The lowest BCUT2D eigenvalue weighted by Crippen LogP contribution is -2.12. The Morgan fingerprint density at radius 1 is 1.58 bits per heavy atom. The molecule has 0 aliphatic heterocycles. The largest absolute Gasteiger partial charge is 0.481 e. The molecule has 1 aromatic carbocycles. The van der Waals surface area contributed by atoms with Crippen LogP contribution in [0.4, 0.5) is 5.69 Å². The van der Waals surface area contributed by atoms with Gasteiger partial charge in [0.2, 0.25) is 0 Å². The second-order valence-electron chi connectivity index (χ2n) is 4.33. The summed E-state index contributed by atoms with van der Waals surface area (Å²) >= 11 is 5.98. The lowest BCUT2D eigenvalue weighted by Gasteiger charge is -2.05. The van der Waals surface area contributed by atoms with E-state index in [-0.39, 0.29) is 12.1 Å². The van der Waals surface area contributed by atoms with Crippen LogP contribution in [0.3, 0.4) is 0 Å². The van der Waals surface area contributed by atoms with Crippen LogP contribution in [0.15, 0.2) is 18.3 Å². The van der Waals surface area contributed by atoms with Crippen LogP contribution < -0.4 is 0 Å². The number of halogens is 1. The lowest BCUT2D eigenvalue weighted by atomic mass is 10.00. The van der Waals surface area contributed by atoms with E-state index in [0.717, 1.165) is 0 Å². The Hall–Kier alpha value is -2.08. The Kier molecular flexibility index (Phi) is 3.44. The first-order valence-electron chi connectivity index (χ1n) is 5.57. The number of carbonyl (C=O) groups is 1. The van der Waals surface area contributed by atoms with Crippen molar-refractivity contribution in [2.24, 2.45) is 5.92 Å². The van der Waals surface area contributed by atoms with Gasteiger partial charge in [0, 0.05) is 12.3 Å². The Morgan fingerprint density at radius 3 is 2.84 bits per heavy atom. The fourth-order valence-electron chi connectivity index (χ4n) is 1.99. The maximum atomic E-state index is 11.0. The molecule has 2 aromatic rings. The summed E-state index contributed by atoms with van der Waals surface area (Å²) in [5.41, 5.74) is 0.968. The van der Waals surface area contributed by atoms with Crippen molar-refractivity contribution in [3.8, 4) is 0 Å². The van der Waals surface area contributed by atoms with E-state index in [0.29, 0.717) is 21.5 Å². The zero-order valence-electron chi connectivity index (χ0n) is 10.0. The van der Waals surface area contributed by atoms with Gasteiger partial charge in [-0.15, -0.1) is 0 Å². The number of nitrogens with zero attached hydrogens (tertiary/aromatic N) is 1. The highest BCUT2D eigenvalue weighted by atomic mass is 35.5. The number of nitro groups is 1. The zero-order valence-corrected chi connectivity index (χ0v) is 10.8. The van der Waals surface area contributed by atoms with Crippen LogP contribution >= 0.6 is 11.6 Å². The summed E-state index contributed by atoms with van der Waals surface area (Å²) in [6, 6.07) is 2.77. The molecule has 0 radical (unpaired) electrons. The number of hydrogen-bond donors (Lipinski definition) is 2. The van der Waals surface area contributed by atoms with Crippen molar-refractivity contribution in [1.82, 2.24) is 4.98 Å². The number of fused-ring (bicyclic) bond motifs is 1. The van der Waals surface area contributed by atoms with Crippen molar-refractivity contribution in [2.45, 2.75) is 13.3 Å². The van der Waals surface area contributed by atoms with Crippen LogP contribution in [0.2, 0.25) is 5.02 Å². The number of nitrogens with one attached hydrogen (secondary N) is 1. The first kappa shape index (κ1) is 13.4. The van der Waals surface area contributed by atoms with E-state index in [1.165, 1.54) is 12.1 Å². The minimum absolute atomic E-state index is 0.0757. The molecule has 6 nitrogen and oxygen atoms in total. The summed E-state index contributed by atoms with van der Waals surface area (Å²) in [4.78, 5) is 24.3. The molecular weight excluding hydrogens is 272 g/mol. The maximum absolute atomic E-state index is 11.0. The molecule has 0 aliphatic carbocycles. The fraction of sp³-hybridized carbons (Fsp3) is 0.250. The first-order chi connectivity index (χ1) is 8.91. The summed E-state index contributed by atoms with van der Waals surface area (Å²) in [6.45, 7) is 1.55. The van der Waals surface area contributed by atoms with E-state index in [2.05, 4.69) is 4.98 Å². The Morgan fingerprint density at radius 2 is 2.26 bits per heavy atom. The SMILES string of the molecule is CC(Cc1c[nH]c2c(Cl)ccc([N+](=O)[O-])c12)C(=O)O. The fourth-order valence-corrected chi connectivity index (χ4v) is 2.21. The third-order valence-electron chi connectivity index (χ3n) is 2.99. The van der Waals surface area contributed by atoms with Gasteiger partial charge in [-0.25, -0.2) is 0 Å². The minimum Gasteiger partial charge on any atom is -0.481 e. The van der Waals surface area contributed by atoms with Crippen molar-refractivity contribution in [3.05, 3.63) is 39.0 Å². The summed E-state index contributed by atoms with van der Waals surface area (Å²) < 4.78 is 0. The Labute approximate surface area is 113 Å². The normalized spacial score (nSPS) is 12.5. The molecule has 0 bridgehead atoms. The second kappa shape index (κ2) is 4.89. The number of H-pyrrole nitrogens is 1. The molecule has 0 saturated carbocycles. The van der Waals surface area contributed by atoms with Crippen molar-refractivity contribution < 1.29 is 14.8 Å². The second-order valence-corrected chi connectivity index (χ2v) is 4.74. The van der Waals surface area contributed by atoms with Gasteiger partial charge in [0.15, 0.2) is 0 Å². The predicted molar refractivity (Wildman–Crippen MR) is 70.5 cm³/mol. The molecule has 1 atom stereocenters. The van der Waals surface area contributed by atoms with Gasteiger partial charge >= 0.3 is 5.97 Å². The monoisotopic (exact) mass is 282 g/mol. The highest BCUT2D eigenvalue weighted by Gasteiger charge is 2.21. The standard InChI is InChI=1S/C12H11ClN2O4/c1-6(12(16)17)4-7-5-14-11-8(13)2-3-9(10(7)11)15(18)19/h2-3,5-6,14H,4H2,1H3,(H,16,17). The maximum Gasteiger partial charge on any atom is 0.306 e. The van der Waals surface area contributed by atoms with Gasteiger partial charge in [0.25, 0.3) is 5.69 Å². The van der Waals surface area contributed by atoms with Crippen molar-refractivity contribution in [2.75, 3.05) is 0 Å². The van der Waals surface area contributed by atoms with Crippen molar-refractivity contribution in [3.63, 3.8) is 0 Å². The summed E-state index contributed by atoms with van der Waals surface area (Å²) in [6.07, 6.45) is 1.78. The van der Waals surface area contributed by atoms with Crippen LogP contribution in [-0.2, 0) is 11.2 Å². The quantitative estimate of drug-likeness (QED) is 0.665. The van der Waals surface area contributed by atoms with Crippen LogP contribution in [0, 0.1) is 16.0 Å². The number of nitro benzene ring substituents is 1. The molecule has 1 unspecified atom stereocenters. The topological polar surface area (TPSA) is 96.2 Å². The van der Waals surface area contributed by atoms with Gasteiger partial charge in [-0.2, -0.15) is 0 Å². The minimum atomic E-state index is -0.945. The van der Waals surface area contributed by atoms with Crippen molar-refractivity contribution in [1.29, 1.82) is 0 Å². The number of aromatic nitrogens is 1. The molecule has 0 saturated heterocycles. The number of carboxylic acids is 1. The molecule has 1 aromatic heterocycles. The van der Waals surface area contributed by atoms with Gasteiger partial charge in [-0.1, -0.05) is 18.5 Å². The average molecular weight is 283 g/mol. The van der Waals surface area contributed by atoms with E-state index >= 15 is 0 Å². The van der Waals surface area contributed by atoms with Crippen molar-refractivity contribution >= 4 is 34.2 Å². The number of aliphatic carboxylic acids is 1. The molecule has 0 fully saturated rings. The van der Waals surface area contributed by atoms with E-state index in [1.807, 2.05) is 0 Å². The third-order valence-corrected chi connectivity index (χ3v) is 3.30. The number of non-ortho nitro benzene ring substituents is 1. The molecule has 0 amide bonds. The molecule has 2 N–H and O–H groups in total. The first-order valence-corrected chi connectivity index (χ1v) is 5.95. The lowest BCUT2D eigenvalue weighted by molar-refractivity contribution is -0.383. The molecule has 0 spiro atoms. The summed E-state index contributed by atoms with van der Waals surface area (Å²) in [5, 5.41) is 20.7. The number of carboxylic acid groups (broad SMARTS) is 1. The number of hydrogen-bond acceptors (Lipinski definition) is 3. The smallest absolute Gasteiger partial charge is 0.306 e. The van der Waals surface area contributed by atoms with Crippen LogP contribution in [0.1, 0.15) is 12.5 Å². The molecule has 100 valence electrons. The molecule has 1 heterocycles. The Bertz CT molecular complexity index is 665. The van der Waals surface area contributed by atoms with Gasteiger partial charge in [0.1, 0.15) is 0 Å². The van der Waals surface area contributed by atoms with Gasteiger partial charge in [-0.05, 0) is 18.1 Å². The number of aromatic amines is 1. The molecule has 7 heteroatoms. The number of benzene rings is 1. The van der Waals surface area contributed by atoms with E-state index in [4.69, 9.17) is 16.7 Å². The average Bonchev–Trinajstić information content (AvgIpc) is 2.74. The third kappa shape index (κ3) is 2.39. The van der Waals surface area contributed by atoms with Crippen LogP contribution in [0.5, 0.6) is 0 Å². The highest BCUT2D eigenvalue weighted by molar-refractivity contribution is 6.35. The van der Waals surface area contributed by atoms with Gasteiger partial charge in [0.05, 0.1) is 26.8 Å². The van der Waals surface area contributed by atoms with Crippen LogP contribution in [0.25, 0.3) is 10.9 Å². The molecule has 2 rings (SSSR count). The predicted octanol–water partition coefficient (Wildman–Crippen LogP) is 2.99. The number of rotatable bonds is 4. The molecule has 0 aliphatic rings. The van der Waals surface area contributed by atoms with Gasteiger partial charge < -0.3 is 10.1 Å². The van der Waals surface area contributed by atoms with Gasteiger partial charge in [-0.3, -0.25) is 14.9 Å². The van der Waals surface area contributed by atoms with E-state index in [1.54, 1.807) is 13.1 Å². The Balaban J connectivity index is 2.59. The van der Waals surface area contributed by atoms with E-state index < -0.39 is 16.8 Å². The zero-order chi connectivity index (χ0) is 14.2. The van der Waals surface area contributed by atoms with Crippen LogP contribution in [-0.4, -0.2) is 21.0 Å². The van der Waals surface area contributed by atoms with E-state index in [9.17, 15) is 14.9 Å². The summed E-state index contributed by atoms with van der Waals surface area (Å²) in [5.74, 6) is -1.57. The molecular formula is C12H11ClN2O4. The summed E-state index contributed by atoms with van der Waals surface area (Å²) in [7, 11) is 0.